The molecule has 0 saturated carbocycles. The zero-order valence-electron chi connectivity index (χ0n) is 16.5. The Morgan fingerprint density at radius 3 is 2.48 bits per heavy atom. The number of rotatable bonds is 4. The molecule has 2 unspecified atom stereocenters. The Kier molecular flexibility index (Phi) is 5.79. The van der Waals surface area contributed by atoms with Gasteiger partial charge in [0.05, 0.1) is 18.2 Å². The molecule has 2 atom stereocenters. The minimum atomic E-state index is -4.72. The second-order valence-electron chi connectivity index (χ2n) is 7.17. The van der Waals surface area contributed by atoms with Crippen molar-refractivity contribution >= 4 is 23.3 Å². The first-order valence-corrected chi connectivity index (χ1v) is 9.12. The van der Waals surface area contributed by atoms with Crippen molar-refractivity contribution in [3.05, 3.63) is 65.0 Å². The molecule has 1 aliphatic heterocycles. The number of amides is 1. The minimum Gasteiger partial charge on any atom is -0.427 e. The van der Waals surface area contributed by atoms with Gasteiger partial charge in [-0.2, -0.15) is 23.4 Å². The molecule has 0 fully saturated rings. The fourth-order valence-electron chi connectivity index (χ4n) is 3.11. The van der Waals surface area contributed by atoms with Crippen LogP contribution in [0.2, 0.25) is 0 Å². The zero-order valence-corrected chi connectivity index (χ0v) is 16.5. The van der Waals surface area contributed by atoms with Crippen molar-refractivity contribution in [2.24, 2.45) is 10.2 Å². The first-order valence-electron chi connectivity index (χ1n) is 9.12. The van der Waals surface area contributed by atoms with Crippen molar-refractivity contribution < 1.29 is 27.5 Å². The van der Waals surface area contributed by atoms with Gasteiger partial charge in [0.1, 0.15) is 5.75 Å². The first kappa shape index (κ1) is 22.0. The molecular formula is C21H17F3N4O3. The number of benzene rings is 2. The zero-order chi connectivity index (χ0) is 22.8. The highest BCUT2D eigenvalue weighted by Gasteiger charge is 2.41. The maximum atomic E-state index is 13.1. The number of alkyl halides is 3. The van der Waals surface area contributed by atoms with E-state index in [1.54, 1.807) is 24.3 Å². The molecule has 1 N–H and O–H groups in total. The van der Waals surface area contributed by atoms with Gasteiger partial charge in [-0.05, 0) is 36.8 Å². The van der Waals surface area contributed by atoms with Gasteiger partial charge in [0.15, 0.2) is 11.2 Å². The standard InChI is InChI=1S/C21H17F3N4O3/c1-12(29)31-15-7-4-13(5-8-15)18-11-20(2,28-27-18)19(30)26-14-6-9-17(25-3)16(10-14)21(22,23)24/h4-10,18H,11H2,1-2H3,(H,26,30). The molecule has 0 aromatic heterocycles. The van der Waals surface area contributed by atoms with Gasteiger partial charge >= 0.3 is 12.1 Å². The number of halogens is 3. The van der Waals surface area contributed by atoms with Crippen LogP contribution >= 0.6 is 0 Å². The summed E-state index contributed by atoms with van der Waals surface area (Å²) in [6.07, 6.45) is -4.51. The average Bonchev–Trinajstić information content (AvgIpc) is 3.11. The van der Waals surface area contributed by atoms with E-state index < -0.39 is 40.9 Å². The lowest BCUT2D eigenvalue weighted by Gasteiger charge is -2.20. The number of hydrogen-bond donors (Lipinski definition) is 1. The van der Waals surface area contributed by atoms with Crippen molar-refractivity contribution in [3.8, 4) is 5.75 Å². The fourth-order valence-corrected chi connectivity index (χ4v) is 3.11. The third kappa shape index (κ3) is 4.88. The number of hydrogen-bond acceptors (Lipinski definition) is 5. The average molecular weight is 430 g/mol. The maximum Gasteiger partial charge on any atom is 0.407 e. The summed E-state index contributed by atoms with van der Waals surface area (Å²) in [5, 5.41) is 10.6. The maximum absolute atomic E-state index is 13.1. The molecule has 1 aliphatic rings. The molecule has 7 nitrogen and oxygen atoms in total. The van der Waals surface area contributed by atoms with E-state index in [-0.39, 0.29) is 12.1 Å². The Morgan fingerprint density at radius 2 is 1.90 bits per heavy atom. The van der Waals surface area contributed by atoms with Crippen molar-refractivity contribution in [1.82, 2.24) is 0 Å². The van der Waals surface area contributed by atoms with Crippen molar-refractivity contribution in [1.29, 1.82) is 0 Å². The van der Waals surface area contributed by atoms with E-state index in [4.69, 9.17) is 11.3 Å². The van der Waals surface area contributed by atoms with Gasteiger partial charge in [0, 0.05) is 19.0 Å². The summed E-state index contributed by atoms with van der Waals surface area (Å²) in [6.45, 7) is 9.71. The van der Waals surface area contributed by atoms with E-state index in [0.29, 0.717) is 5.75 Å². The molecule has 0 aliphatic carbocycles. The molecular weight excluding hydrogens is 413 g/mol. The normalized spacial score (nSPS) is 20.2. The summed E-state index contributed by atoms with van der Waals surface area (Å²) in [5.41, 5.74) is -2.29. The van der Waals surface area contributed by atoms with Crippen LogP contribution in [0, 0.1) is 6.57 Å². The smallest absolute Gasteiger partial charge is 0.407 e. The van der Waals surface area contributed by atoms with Crippen molar-refractivity contribution in [2.45, 2.75) is 38.0 Å². The van der Waals surface area contributed by atoms with Crippen molar-refractivity contribution in [3.63, 3.8) is 0 Å². The number of azo groups is 1. The monoisotopic (exact) mass is 430 g/mol. The van der Waals surface area contributed by atoms with Crippen LogP contribution in [0.25, 0.3) is 4.85 Å². The van der Waals surface area contributed by atoms with Crippen LogP contribution in [0.15, 0.2) is 52.7 Å². The van der Waals surface area contributed by atoms with Gasteiger partial charge in [0.25, 0.3) is 5.91 Å². The van der Waals surface area contributed by atoms with Crippen LogP contribution < -0.4 is 10.1 Å². The molecule has 31 heavy (non-hydrogen) atoms. The highest BCUT2D eigenvalue weighted by molar-refractivity contribution is 5.98. The number of esters is 1. The summed E-state index contributed by atoms with van der Waals surface area (Å²) < 4.78 is 44.4. The Hall–Kier alpha value is -3.74. The van der Waals surface area contributed by atoms with Crippen molar-refractivity contribution in [2.75, 3.05) is 5.32 Å². The van der Waals surface area contributed by atoms with Gasteiger partial charge < -0.3 is 10.1 Å². The summed E-state index contributed by atoms with van der Waals surface area (Å²) in [5.74, 6) is -0.690. The van der Waals surface area contributed by atoms with E-state index in [2.05, 4.69) is 20.4 Å². The number of ether oxygens (including phenoxy) is 1. The fraction of sp³-hybridized carbons (Fsp3) is 0.286. The Labute approximate surface area is 175 Å². The van der Waals surface area contributed by atoms with E-state index in [1.165, 1.54) is 19.9 Å². The van der Waals surface area contributed by atoms with Gasteiger partial charge in [-0.25, -0.2) is 4.85 Å². The Morgan fingerprint density at radius 1 is 1.23 bits per heavy atom. The third-order valence-corrected chi connectivity index (χ3v) is 4.70. The molecule has 0 saturated heterocycles. The van der Waals surface area contributed by atoms with Gasteiger partial charge in [-0.3, -0.25) is 9.59 Å². The largest absolute Gasteiger partial charge is 0.427 e. The van der Waals surface area contributed by atoms with E-state index >= 15 is 0 Å². The quantitative estimate of drug-likeness (QED) is 0.396. The van der Waals surface area contributed by atoms with Crippen LogP contribution in [-0.4, -0.2) is 17.4 Å². The summed E-state index contributed by atoms with van der Waals surface area (Å²) >= 11 is 0. The van der Waals surface area contributed by atoms with E-state index in [0.717, 1.165) is 17.7 Å². The highest BCUT2D eigenvalue weighted by atomic mass is 19.4. The molecule has 160 valence electrons. The predicted octanol–water partition coefficient (Wildman–Crippen LogP) is 5.48. The SMILES string of the molecule is [C-]#[N+]c1ccc(NC(=O)C2(C)CC(c3ccc(OC(C)=O)cc3)N=N2)cc1C(F)(F)F. The molecule has 1 heterocycles. The predicted molar refractivity (Wildman–Crippen MR) is 105 cm³/mol. The van der Waals surface area contributed by atoms with Gasteiger partial charge in [-0.1, -0.05) is 18.2 Å². The molecule has 2 aromatic rings. The van der Waals surface area contributed by atoms with Crippen LogP contribution in [0.1, 0.15) is 37.4 Å². The molecule has 0 radical (unpaired) electrons. The second kappa shape index (κ2) is 8.18. The lowest BCUT2D eigenvalue weighted by molar-refractivity contribution is -0.137. The lowest BCUT2D eigenvalue weighted by atomic mass is 9.91. The molecule has 0 spiro atoms. The van der Waals surface area contributed by atoms with Crippen LogP contribution in [-0.2, 0) is 15.8 Å². The number of carbonyl (C=O) groups is 2. The Bertz CT molecular complexity index is 1090. The molecule has 1 amide bonds. The highest BCUT2D eigenvalue weighted by Crippen LogP contribution is 2.40. The lowest BCUT2D eigenvalue weighted by Crippen LogP contribution is -2.37. The minimum absolute atomic E-state index is 0.0877. The van der Waals surface area contributed by atoms with Gasteiger partial charge in [-0.15, -0.1) is 0 Å². The summed E-state index contributed by atoms with van der Waals surface area (Å²) in [4.78, 5) is 26.6. The molecule has 2 aromatic carbocycles. The summed E-state index contributed by atoms with van der Waals surface area (Å²) in [7, 11) is 0. The number of nitrogens with one attached hydrogen (secondary N) is 1. The topological polar surface area (TPSA) is 84.5 Å². The Balaban J connectivity index is 1.73. The van der Waals surface area contributed by atoms with Gasteiger partial charge in [0.2, 0.25) is 0 Å². The van der Waals surface area contributed by atoms with Crippen LogP contribution in [0.3, 0.4) is 0 Å². The molecule has 10 heteroatoms. The second-order valence-corrected chi connectivity index (χ2v) is 7.17. The van der Waals surface area contributed by atoms with Crippen LogP contribution in [0.4, 0.5) is 24.5 Å². The summed E-state index contributed by atoms with van der Waals surface area (Å²) in [6, 6.07) is 9.13. The first-order chi connectivity index (χ1) is 14.5. The molecule has 3 rings (SSSR count). The van der Waals surface area contributed by atoms with E-state index in [1.807, 2.05) is 0 Å². The van der Waals surface area contributed by atoms with Crippen LogP contribution in [0.5, 0.6) is 5.75 Å². The molecule has 0 bridgehead atoms. The number of carbonyl (C=O) groups excluding carboxylic acids is 2. The number of anilines is 1. The van der Waals surface area contributed by atoms with E-state index in [9.17, 15) is 22.8 Å². The third-order valence-electron chi connectivity index (χ3n) is 4.70. The number of nitrogens with zero attached hydrogens (tertiary/aromatic N) is 3.